The van der Waals surface area contributed by atoms with E-state index in [1.807, 2.05) is 0 Å². The lowest BCUT2D eigenvalue weighted by molar-refractivity contribution is -0.131. The maximum absolute atomic E-state index is 11.3. The highest BCUT2D eigenvalue weighted by Crippen LogP contribution is 2.27. The van der Waals surface area contributed by atoms with Crippen LogP contribution < -0.4 is 0 Å². The van der Waals surface area contributed by atoms with Crippen molar-refractivity contribution in [1.82, 2.24) is 4.98 Å². The number of carboxylic acids is 1. The minimum Gasteiger partial charge on any atom is -0.494 e. The molecule has 0 amide bonds. The molecule has 1 aromatic carbocycles. The van der Waals surface area contributed by atoms with Crippen LogP contribution in [0.4, 0.5) is 0 Å². The number of benzene rings is 1. The molecule has 0 fully saturated rings. The SMILES string of the molecule is O=C(O)C(=O)c1c(O)[nH]c2ccccc12. The van der Waals surface area contributed by atoms with Crippen LogP contribution >= 0.6 is 0 Å². The van der Waals surface area contributed by atoms with Crippen molar-refractivity contribution < 1.29 is 19.8 Å². The summed E-state index contributed by atoms with van der Waals surface area (Å²) in [5, 5.41) is 18.4. The van der Waals surface area contributed by atoms with Gasteiger partial charge in [-0.25, -0.2) is 4.79 Å². The van der Waals surface area contributed by atoms with E-state index in [1.54, 1.807) is 24.3 Å². The quantitative estimate of drug-likeness (QED) is 0.506. The summed E-state index contributed by atoms with van der Waals surface area (Å²) in [6.07, 6.45) is 0. The first-order valence-corrected chi connectivity index (χ1v) is 4.18. The molecule has 1 heterocycles. The molecule has 2 rings (SSSR count). The van der Waals surface area contributed by atoms with Crippen molar-refractivity contribution in [2.24, 2.45) is 0 Å². The molecular formula is C10H7NO4. The van der Waals surface area contributed by atoms with Gasteiger partial charge in [0.2, 0.25) is 5.88 Å². The van der Waals surface area contributed by atoms with E-state index in [0.29, 0.717) is 10.9 Å². The summed E-state index contributed by atoms with van der Waals surface area (Å²) < 4.78 is 0. The normalized spacial score (nSPS) is 10.4. The number of para-hydroxylation sites is 1. The summed E-state index contributed by atoms with van der Waals surface area (Å²) in [4.78, 5) is 24.3. The molecule has 0 unspecified atom stereocenters. The van der Waals surface area contributed by atoms with Crippen LogP contribution in [0.25, 0.3) is 10.9 Å². The van der Waals surface area contributed by atoms with Crippen LogP contribution in [-0.2, 0) is 4.79 Å². The molecule has 1 aromatic heterocycles. The Bertz CT molecular complexity index is 556. The van der Waals surface area contributed by atoms with Gasteiger partial charge in [-0.15, -0.1) is 0 Å². The topological polar surface area (TPSA) is 90.4 Å². The average molecular weight is 205 g/mol. The van der Waals surface area contributed by atoms with Crippen molar-refractivity contribution in [2.45, 2.75) is 0 Å². The maximum atomic E-state index is 11.3. The van der Waals surface area contributed by atoms with Crippen molar-refractivity contribution in [3.05, 3.63) is 29.8 Å². The molecule has 0 bridgehead atoms. The highest BCUT2D eigenvalue weighted by molar-refractivity contribution is 6.43. The Morgan fingerprint density at radius 2 is 1.87 bits per heavy atom. The van der Waals surface area contributed by atoms with Crippen LogP contribution in [0.3, 0.4) is 0 Å². The number of H-pyrrole nitrogens is 1. The second kappa shape index (κ2) is 3.13. The number of nitrogens with one attached hydrogen (secondary N) is 1. The third kappa shape index (κ3) is 1.34. The summed E-state index contributed by atoms with van der Waals surface area (Å²) in [6, 6.07) is 6.59. The zero-order valence-corrected chi connectivity index (χ0v) is 7.52. The van der Waals surface area contributed by atoms with Gasteiger partial charge in [-0.2, -0.15) is 0 Å². The lowest BCUT2D eigenvalue weighted by Crippen LogP contribution is -2.12. The first-order chi connectivity index (χ1) is 7.11. The molecule has 3 N–H and O–H groups in total. The predicted molar refractivity (Wildman–Crippen MR) is 51.9 cm³/mol. The molecule has 0 saturated heterocycles. The van der Waals surface area contributed by atoms with Crippen LogP contribution in [0.5, 0.6) is 5.88 Å². The fourth-order valence-electron chi connectivity index (χ4n) is 1.46. The number of rotatable bonds is 2. The zero-order chi connectivity index (χ0) is 11.0. The Morgan fingerprint density at radius 3 is 2.53 bits per heavy atom. The molecule has 0 aliphatic carbocycles. The van der Waals surface area contributed by atoms with Crippen molar-refractivity contribution >= 4 is 22.7 Å². The van der Waals surface area contributed by atoms with Gasteiger partial charge in [-0.3, -0.25) is 4.79 Å². The maximum Gasteiger partial charge on any atom is 0.377 e. The summed E-state index contributed by atoms with van der Waals surface area (Å²) in [5.41, 5.74) is 0.331. The van der Waals surface area contributed by atoms with Gasteiger partial charge < -0.3 is 15.2 Å². The van der Waals surface area contributed by atoms with Gasteiger partial charge in [0.15, 0.2) is 0 Å². The number of carbonyl (C=O) groups excluding carboxylic acids is 1. The van der Waals surface area contributed by atoms with Crippen LogP contribution in [0.1, 0.15) is 10.4 Å². The Kier molecular flexibility index (Phi) is 1.93. The molecule has 5 heteroatoms. The molecule has 0 radical (unpaired) electrons. The van der Waals surface area contributed by atoms with Crippen molar-refractivity contribution in [1.29, 1.82) is 0 Å². The predicted octanol–water partition coefficient (Wildman–Crippen LogP) is 1.14. The number of ketones is 1. The van der Waals surface area contributed by atoms with E-state index in [0.717, 1.165) is 0 Å². The molecule has 0 saturated carbocycles. The number of hydrogen-bond acceptors (Lipinski definition) is 3. The summed E-state index contributed by atoms with van der Waals surface area (Å²) in [7, 11) is 0. The third-order valence-corrected chi connectivity index (χ3v) is 2.11. The Morgan fingerprint density at radius 1 is 1.20 bits per heavy atom. The zero-order valence-electron chi connectivity index (χ0n) is 7.52. The molecule has 15 heavy (non-hydrogen) atoms. The van der Waals surface area contributed by atoms with Gasteiger partial charge in [0.1, 0.15) is 0 Å². The summed E-state index contributed by atoms with van der Waals surface area (Å²) in [6.45, 7) is 0. The summed E-state index contributed by atoms with van der Waals surface area (Å²) in [5.74, 6) is -3.12. The van der Waals surface area contributed by atoms with E-state index in [-0.39, 0.29) is 5.56 Å². The van der Waals surface area contributed by atoms with Crippen molar-refractivity contribution in [3.8, 4) is 5.88 Å². The number of aromatic nitrogens is 1. The van der Waals surface area contributed by atoms with Gasteiger partial charge in [0, 0.05) is 10.9 Å². The molecule has 2 aromatic rings. The van der Waals surface area contributed by atoms with E-state index >= 15 is 0 Å². The van der Waals surface area contributed by atoms with E-state index in [2.05, 4.69) is 4.98 Å². The highest BCUT2D eigenvalue weighted by atomic mass is 16.4. The number of aliphatic carboxylic acids is 1. The standard InChI is InChI=1S/C10H7NO4/c12-8(10(14)15)7-5-3-1-2-4-6(5)11-9(7)13/h1-4,11,13H,(H,14,15). The third-order valence-electron chi connectivity index (χ3n) is 2.11. The minimum absolute atomic E-state index is 0.196. The molecule has 0 spiro atoms. The smallest absolute Gasteiger partial charge is 0.377 e. The number of fused-ring (bicyclic) bond motifs is 1. The van der Waals surface area contributed by atoms with Gasteiger partial charge in [-0.1, -0.05) is 18.2 Å². The van der Waals surface area contributed by atoms with Gasteiger partial charge in [0.25, 0.3) is 5.78 Å². The number of aromatic hydroxyl groups is 1. The monoisotopic (exact) mass is 205 g/mol. The number of carbonyl (C=O) groups is 2. The van der Waals surface area contributed by atoms with Gasteiger partial charge in [-0.05, 0) is 6.07 Å². The fourth-order valence-corrected chi connectivity index (χ4v) is 1.46. The average Bonchev–Trinajstić information content (AvgIpc) is 2.52. The van der Waals surface area contributed by atoms with E-state index in [4.69, 9.17) is 5.11 Å². The Balaban J connectivity index is 2.74. The molecule has 0 aliphatic heterocycles. The fraction of sp³-hybridized carbons (Fsp3) is 0. The summed E-state index contributed by atoms with van der Waals surface area (Å²) >= 11 is 0. The Labute approximate surface area is 84.0 Å². The lowest BCUT2D eigenvalue weighted by atomic mass is 10.1. The van der Waals surface area contributed by atoms with Gasteiger partial charge >= 0.3 is 5.97 Å². The van der Waals surface area contributed by atoms with Crippen LogP contribution in [-0.4, -0.2) is 26.9 Å². The molecule has 0 aliphatic rings. The van der Waals surface area contributed by atoms with E-state index < -0.39 is 17.6 Å². The van der Waals surface area contributed by atoms with Crippen molar-refractivity contribution in [3.63, 3.8) is 0 Å². The van der Waals surface area contributed by atoms with Crippen LogP contribution in [0.2, 0.25) is 0 Å². The number of hydrogen-bond donors (Lipinski definition) is 3. The van der Waals surface area contributed by atoms with Crippen LogP contribution in [0.15, 0.2) is 24.3 Å². The van der Waals surface area contributed by atoms with Crippen LogP contribution in [0, 0.1) is 0 Å². The minimum atomic E-state index is -1.59. The highest BCUT2D eigenvalue weighted by Gasteiger charge is 2.23. The molecule has 5 nitrogen and oxygen atoms in total. The molecule has 76 valence electrons. The lowest BCUT2D eigenvalue weighted by Gasteiger charge is -1.93. The largest absolute Gasteiger partial charge is 0.494 e. The van der Waals surface area contributed by atoms with Crippen molar-refractivity contribution in [2.75, 3.05) is 0 Å². The number of aromatic amines is 1. The first-order valence-electron chi connectivity index (χ1n) is 4.18. The Hall–Kier alpha value is -2.30. The number of carboxylic acid groups (broad SMARTS) is 1. The first kappa shape index (κ1) is 9.26. The number of Topliss-reactive ketones (excluding diaryl/α,β-unsaturated/α-hetero) is 1. The molecular weight excluding hydrogens is 198 g/mol. The second-order valence-corrected chi connectivity index (χ2v) is 3.03. The van der Waals surface area contributed by atoms with E-state index in [9.17, 15) is 14.7 Å². The second-order valence-electron chi connectivity index (χ2n) is 3.03. The van der Waals surface area contributed by atoms with E-state index in [1.165, 1.54) is 0 Å². The van der Waals surface area contributed by atoms with Gasteiger partial charge in [0.05, 0.1) is 5.56 Å². The molecule has 0 atom stereocenters.